The van der Waals surface area contributed by atoms with Crippen LogP contribution in [0.25, 0.3) is 11.4 Å². The summed E-state index contributed by atoms with van der Waals surface area (Å²) >= 11 is 1.25. The van der Waals surface area contributed by atoms with Crippen LogP contribution in [0.3, 0.4) is 0 Å². The van der Waals surface area contributed by atoms with E-state index in [0.717, 1.165) is 5.56 Å². The molecule has 1 aromatic heterocycles. The smallest absolute Gasteiger partial charge is 0.234 e. The molecule has 0 spiro atoms. The van der Waals surface area contributed by atoms with E-state index in [1.165, 1.54) is 31.0 Å². The molecule has 1 amide bonds. The molecule has 9 heteroatoms. The minimum absolute atomic E-state index is 0.143. The van der Waals surface area contributed by atoms with E-state index < -0.39 is 0 Å². The Morgan fingerprint density at radius 2 is 1.89 bits per heavy atom. The molecule has 1 N–H and O–H groups in total. The van der Waals surface area contributed by atoms with Crippen LogP contribution in [-0.4, -0.2) is 40.6 Å². The van der Waals surface area contributed by atoms with Crippen molar-refractivity contribution in [3.63, 3.8) is 0 Å². The van der Waals surface area contributed by atoms with Crippen LogP contribution < -0.4 is 14.8 Å². The molecule has 0 saturated carbocycles. The highest BCUT2D eigenvalue weighted by Crippen LogP contribution is 2.29. The molecule has 3 aromatic rings. The van der Waals surface area contributed by atoms with Gasteiger partial charge in [-0.2, -0.15) is 0 Å². The minimum Gasteiger partial charge on any atom is -0.497 e. The van der Waals surface area contributed by atoms with E-state index in [4.69, 9.17) is 9.47 Å². The molecule has 2 aromatic carbocycles. The lowest BCUT2D eigenvalue weighted by molar-refractivity contribution is -0.113. The number of nitrogens with zero attached hydrogens (tertiary/aromatic N) is 3. The number of nitrogens with one attached hydrogen (secondary N) is 1. The highest BCUT2D eigenvalue weighted by molar-refractivity contribution is 7.99. The lowest BCUT2D eigenvalue weighted by atomic mass is 10.2. The first-order valence-electron chi connectivity index (χ1n) is 8.32. The summed E-state index contributed by atoms with van der Waals surface area (Å²) in [5.41, 5.74) is 1.30. The number of hydrogen-bond acceptors (Lipinski definition) is 6. The van der Waals surface area contributed by atoms with Gasteiger partial charge in [-0.1, -0.05) is 11.8 Å². The lowest BCUT2D eigenvalue weighted by Gasteiger charge is -2.11. The topological polar surface area (TPSA) is 78.3 Å². The van der Waals surface area contributed by atoms with E-state index >= 15 is 0 Å². The molecule has 0 saturated heterocycles. The van der Waals surface area contributed by atoms with E-state index in [2.05, 4.69) is 15.5 Å². The van der Waals surface area contributed by atoms with Crippen LogP contribution in [0.2, 0.25) is 0 Å². The Bertz CT molecular complexity index is 976. The van der Waals surface area contributed by atoms with Gasteiger partial charge in [-0.15, -0.1) is 10.2 Å². The monoisotopic (exact) mass is 402 g/mol. The van der Waals surface area contributed by atoms with Crippen molar-refractivity contribution < 1.29 is 18.7 Å². The molecule has 146 valence electrons. The van der Waals surface area contributed by atoms with Gasteiger partial charge in [0.1, 0.15) is 17.3 Å². The van der Waals surface area contributed by atoms with Crippen molar-refractivity contribution in [2.75, 3.05) is 25.3 Å². The zero-order chi connectivity index (χ0) is 20.1. The normalized spacial score (nSPS) is 10.6. The Morgan fingerprint density at radius 3 is 2.57 bits per heavy atom. The molecule has 0 atom stereocenters. The van der Waals surface area contributed by atoms with E-state index in [0.29, 0.717) is 28.2 Å². The first-order valence-corrected chi connectivity index (χ1v) is 9.30. The van der Waals surface area contributed by atoms with Crippen molar-refractivity contribution in [2.45, 2.75) is 5.16 Å². The summed E-state index contributed by atoms with van der Waals surface area (Å²) in [5.74, 6) is 1.36. The lowest BCUT2D eigenvalue weighted by Crippen LogP contribution is -2.15. The van der Waals surface area contributed by atoms with Crippen LogP contribution in [-0.2, 0) is 11.8 Å². The number of hydrogen-bond donors (Lipinski definition) is 1. The van der Waals surface area contributed by atoms with Gasteiger partial charge in [-0.25, -0.2) is 4.39 Å². The van der Waals surface area contributed by atoms with E-state index in [9.17, 15) is 9.18 Å². The third-order valence-corrected chi connectivity index (χ3v) is 4.97. The molecule has 0 aliphatic carbocycles. The summed E-state index contributed by atoms with van der Waals surface area (Å²) in [6, 6.07) is 11.2. The summed E-state index contributed by atoms with van der Waals surface area (Å²) in [4.78, 5) is 12.3. The number of amides is 1. The van der Waals surface area contributed by atoms with Crippen LogP contribution in [0.15, 0.2) is 47.6 Å². The predicted molar refractivity (Wildman–Crippen MR) is 105 cm³/mol. The second-order valence-electron chi connectivity index (χ2n) is 5.78. The van der Waals surface area contributed by atoms with Crippen molar-refractivity contribution in [1.29, 1.82) is 0 Å². The Hall–Kier alpha value is -3.07. The molecule has 0 bridgehead atoms. The van der Waals surface area contributed by atoms with Crippen molar-refractivity contribution in [3.05, 3.63) is 48.3 Å². The molecular weight excluding hydrogens is 383 g/mol. The van der Waals surface area contributed by atoms with Gasteiger partial charge < -0.3 is 19.4 Å². The molecule has 28 heavy (non-hydrogen) atoms. The van der Waals surface area contributed by atoms with Gasteiger partial charge in [0.25, 0.3) is 0 Å². The molecule has 0 aliphatic heterocycles. The third-order valence-electron chi connectivity index (χ3n) is 3.95. The van der Waals surface area contributed by atoms with Crippen molar-refractivity contribution in [1.82, 2.24) is 14.8 Å². The molecule has 0 fully saturated rings. The van der Waals surface area contributed by atoms with Crippen LogP contribution in [0.5, 0.6) is 11.5 Å². The molecule has 1 heterocycles. The predicted octanol–water partition coefficient (Wildman–Crippen LogP) is 3.37. The molecule has 0 unspecified atom stereocenters. The summed E-state index contributed by atoms with van der Waals surface area (Å²) in [6.45, 7) is 0. The van der Waals surface area contributed by atoms with E-state index in [1.807, 2.05) is 0 Å². The van der Waals surface area contributed by atoms with Gasteiger partial charge in [0.2, 0.25) is 5.91 Å². The summed E-state index contributed by atoms with van der Waals surface area (Å²) in [5, 5.41) is 11.6. The van der Waals surface area contributed by atoms with E-state index in [1.54, 1.807) is 49.1 Å². The quantitative estimate of drug-likeness (QED) is 0.611. The highest BCUT2D eigenvalue weighted by atomic mass is 32.2. The minimum atomic E-state index is -0.314. The number of methoxy groups -OCH3 is 2. The third kappa shape index (κ3) is 4.42. The largest absolute Gasteiger partial charge is 0.497 e. The first-order chi connectivity index (χ1) is 13.5. The average molecular weight is 402 g/mol. The zero-order valence-corrected chi connectivity index (χ0v) is 16.4. The Balaban J connectivity index is 1.65. The fourth-order valence-corrected chi connectivity index (χ4v) is 3.22. The number of carbonyl (C=O) groups is 1. The molecule has 0 aliphatic rings. The van der Waals surface area contributed by atoms with Gasteiger partial charge in [0.15, 0.2) is 11.0 Å². The highest BCUT2D eigenvalue weighted by Gasteiger charge is 2.14. The number of ether oxygens (including phenoxy) is 2. The Kier molecular flexibility index (Phi) is 6.15. The molecular formula is C19H19FN4O3S. The zero-order valence-electron chi connectivity index (χ0n) is 15.6. The van der Waals surface area contributed by atoms with Gasteiger partial charge in [-0.3, -0.25) is 4.79 Å². The Morgan fingerprint density at radius 1 is 1.14 bits per heavy atom. The summed E-state index contributed by atoms with van der Waals surface area (Å²) in [7, 11) is 4.88. The number of anilines is 1. The van der Waals surface area contributed by atoms with Gasteiger partial charge in [0.05, 0.1) is 25.7 Å². The second kappa shape index (κ2) is 8.75. The number of halogens is 1. The van der Waals surface area contributed by atoms with Gasteiger partial charge >= 0.3 is 0 Å². The standard InChI is InChI=1S/C19H19FN4O3S/c1-24-18(12-4-6-13(20)7-5-12)22-23-19(24)28-11-17(25)21-15-9-8-14(26-2)10-16(15)27-3/h4-10H,11H2,1-3H3,(H,21,25). The fraction of sp³-hybridized carbons (Fsp3) is 0.211. The summed E-state index contributed by atoms with van der Waals surface area (Å²) in [6.07, 6.45) is 0. The maximum Gasteiger partial charge on any atom is 0.234 e. The van der Waals surface area contributed by atoms with Crippen molar-refractivity contribution >= 4 is 23.4 Å². The second-order valence-corrected chi connectivity index (χ2v) is 6.72. The maximum absolute atomic E-state index is 13.1. The van der Waals surface area contributed by atoms with E-state index in [-0.39, 0.29) is 17.5 Å². The Labute approximate surface area is 165 Å². The van der Waals surface area contributed by atoms with Crippen LogP contribution in [0, 0.1) is 5.82 Å². The van der Waals surface area contributed by atoms with Gasteiger partial charge in [-0.05, 0) is 36.4 Å². The number of thioether (sulfide) groups is 1. The number of aromatic nitrogens is 3. The molecule has 7 nitrogen and oxygen atoms in total. The first kappa shape index (κ1) is 19.7. The van der Waals surface area contributed by atoms with Crippen molar-refractivity contribution in [2.24, 2.45) is 7.05 Å². The SMILES string of the molecule is COc1ccc(NC(=O)CSc2nnc(-c3ccc(F)cc3)n2C)c(OC)c1. The van der Waals surface area contributed by atoms with Crippen LogP contribution in [0.4, 0.5) is 10.1 Å². The van der Waals surface area contributed by atoms with Crippen LogP contribution >= 0.6 is 11.8 Å². The van der Waals surface area contributed by atoms with Gasteiger partial charge in [0, 0.05) is 18.7 Å². The summed E-state index contributed by atoms with van der Waals surface area (Å²) < 4.78 is 25.3. The maximum atomic E-state index is 13.1. The fourth-order valence-electron chi connectivity index (χ4n) is 2.51. The number of carbonyl (C=O) groups excluding carboxylic acids is 1. The number of benzene rings is 2. The average Bonchev–Trinajstić information content (AvgIpc) is 3.07. The van der Waals surface area contributed by atoms with Crippen molar-refractivity contribution in [3.8, 4) is 22.9 Å². The van der Waals surface area contributed by atoms with Crippen LogP contribution in [0.1, 0.15) is 0 Å². The molecule has 0 radical (unpaired) electrons. The number of rotatable bonds is 7. The molecule has 3 rings (SSSR count).